The number of fused-ring (bicyclic) bond motifs is 1. The summed E-state index contributed by atoms with van der Waals surface area (Å²) in [6.07, 6.45) is 0. The third-order valence-electron chi connectivity index (χ3n) is 6.04. The molecule has 1 heterocycles. The predicted octanol–water partition coefficient (Wildman–Crippen LogP) is 4.60. The number of rotatable bonds is 6. The van der Waals surface area contributed by atoms with Gasteiger partial charge in [-0.15, -0.1) is 0 Å². The van der Waals surface area contributed by atoms with Crippen molar-refractivity contribution >= 4 is 17.7 Å². The van der Waals surface area contributed by atoms with Gasteiger partial charge in [-0.05, 0) is 54.4 Å². The van der Waals surface area contributed by atoms with Crippen molar-refractivity contribution in [1.29, 1.82) is 0 Å². The summed E-state index contributed by atoms with van der Waals surface area (Å²) in [7, 11) is 2.97. The zero-order valence-electron chi connectivity index (χ0n) is 18.8. The SMILES string of the molecule is COc1ccc(CN2C(=O)c3ccccc3C2=O)cc1C(=O)N(C)C(C)c1ccc(F)c(F)c1. The van der Waals surface area contributed by atoms with Crippen molar-refractivity contribution in [2.24, 2.45) is 0 Å². The Hall–Kier alpha value is -4.07. The van der Waals surface area contributed by atoms with Crippen molar-refractivity contribution in [1.82, 2.24) is 9.80 Å². The van der Waals surface area contributed by atoms with Crippen LogP contribution in [0.1, 0.15) is 55.2 Å². The molecule has 1 aliphatic rings. The van der Waals surface area contributed by atoms with Crippen LogP contribution < -0.4 is 4.74 Å². The minimum atomic E-state index is -0.995. The maximum Gasteiger partial charge on any atom is 0.261 e. The largest absolute Gasteiger partial charge is 0.496 e. The molecule has 4 rings (SSSR count). The molecule has 1 aliphatic heterocycles. The highest BCUT2D eigenvalue weighted by Gasteiger charge is 2.35. The van der Waals surface area contributed by atoms with Gasteiger partial charge in [-0.3, -0.25) is 19.3 Å². The average Bonchev–Trinajstić information content (AvgIpc) is 3.09. The smallest absolute Gasteiger partial charge is 0.261 e. The number of carbonyl (C=O) groups excluding carboxylic acids is 3. The summed E-state index contributed by atoms with van der Waals surface area (Å²) in [5, 5.41) is 0. The van der Waals surface area contributed by atoms with Crippen LogP contribution in [-0.2, 0) is 6.54 Å². The van der Waals surface area contributed by atoms with Crippen LogP contribution >= 0.6 is 0 Å². The standard InChI is InChI=1S/C26H22F2N2O4/c1-15(17-9-10-21(27)22(28)13-17)29(2)24(31)20-12-16(8-11-23(20)34-3)14-30-25(32)18-6-4-5-7-19(18)26(30)33/h4-13,15H,14H2,1-3H3. The van der Waals surface area contributed by atoms with E-state index < -0.39 is 35.4 Å². The molecule has 6 nitrogen and oxygen atoms in total. The van der Waals surface area contributed by atoms with Crippen molar-refractivity contribution in [3.63, 3.8) is 0 Å². The number of benzene rings is 3. The van der Waals surface area contributed by atoms with E-state index in [0.29, 0.717) is 28.0 Å². The number of hydrogen-bond acceptors (Lipinski definition) is 4. The van der Waals surface area contributed by atoms with Gasteiger partial charge >= 0.3 is 0 Å². The fraction of sp³-hybridized carbons (Fsp3) is 0.192. The second-order valence-electron chi connectivity index (χ2n) is 8.04. The number of amides is 3. The second-order valence-corrected chi connectivity index (χ2v) is 8.04. The van der Waals surface area contributed by atoms with Crippen molar-refractivity contribution in [3.05, 3.63) is 100 Å². The summed E-state index contributed by atoms with van der Waals surface area (Å²) in [5.74, 6) is -2.86. The van der Waals surface area contributed by atoms with E-state index in [9.17, 15) is 23.2 Å². The molecule has 3 aromatic carbocycles. The summed E-state index contributed by atoms with van der Waals surface area (Å²) in [5.41, 5.74) is 1.90. The van der Waals surface area contributed by atoms with Gasteiger partial charge in [0.25, 0.3) is 17.7 Å². The minimum absolute atomic E-state index is 0.0148. The van der Waals surface area contributed by atoms with E-state index in [0.717, 1.165) is 17.0 Å². The average molecular weight is 464 g/mol. The lowest BCUT2D eigenvalue weighted by molar-refractivity contribution is 0.0642. The first-order valence-corrected chi connectivity index (χ1v) is 10.6. The summed E-state index contributed by atoms with van der Waals surface area (Å²) in [6.45, 7) is 1.68. The Kier molecular flexibility index (Phi) is 6.15. The van der Waals surface area contributed by atoms with Gasteiger partial charge < -0.3 is 9.64 Å². The fourth-order valence-electron chi connectivity index (χ4n) is 3.95. The molecule has 34 heavy (non-hydrogen) atoms. The number of halogens is 2. The van der Waals surface area contributed by atoms with E-state index >= 15 is 0 Å². The monoisotopic (exact) mass is 464 g/mol. The van der Waals surface area contributed by atoms with Crippen LogP contribution in [0.5, 0.6) is 5.75 Å². The van der Waals surface area contributed by atoms with Crippen LogP contribution in [0.3, 0.4) is 0 Å². The van der Waals surface area contributed by atoms with Gasteiger partial charge in [-0.2, -0.15) is 0 Å². The second kappa shape index (κ2) is 9.05. The highest BCUT2D eigenvalue weighted by molar-refractivity contribution is 6.21. The number of imide groups is 1. The van der Waals surface area contributed by atoms with Crippen molar-refractivity contribution in [3.8, 4) is 5.75 Å². The molecule has 0 aliphatic carbocycles. The number of hydrogen-bond donors (Lipinski definition) is 0. The highest BCUT2D eigenvalue weighted by Crippen LogP contribution is 2.29. The van der Waals surface area contributed by atoms with Crippen LogP contribution in [0.4, 0.5) is 8.78 Å². The predicted molar refractivity (Wildman–Crippen MR) is 121 cm³/mol. The molecule has 1 unspecified atom stereocenters. The molecule has 0 N–H and O–H groups in total. The van der Waals surface area contributed by atoms with E-state index in [4.69, 9.17) is 4.74 Å². The van der Waals surface area contributed by atoms with Gasteiger partial charge in [-0.1, -0.05) is 24.3 Å². The summed E-state index contributed by atoms with van der Waals surface area (Å²) < 4.78 is 32.4. The molecule has 3 amide bonds. The molecule has 0 radical (unpaired) electrons. The molecular formula is C26H22F2N2O4. The molecule has 0 saturated heterocycles. The number of methoxy groups -OCH3 is 1. The first kappa shape index (κ1) is 23.1. The third kappa shape index (κ3) is 4.03. The Morgan fingerprint density at radius 1 is 0.971 bits per heavy atom. The van der Waals surface area contributed by atoms with Crippen LogP contribution in [0, 0.1) is 11.6 Å². The minimum Gasteiger partial charge on any atom is -0.496 e. The zero-order valence-corrected chi connectivity index (χ0v) is 18.8. The van der Waals surface area contributed by atoms with Gasteiger partial charge in [-0.25, -0.2) is 8.78 Å². The molecule has 0 saturated carbocycles. The molecular weight excluding hydrogens is 442 g/mol. The molecule has 0 bridgehead atoms. The molecule has 174 valence electrons. The Bertz CT molecular complexity index is 1270. The number of nitrogens with zero attached hydrogens (tertiary/aromatic N) is 2. The number of ether oxygens (including phenoxy) is 1. The Balaban J connectivity index is 1.60. The van der Waals surface area contributed by atoms with Gasteiger partial charge in [0.1, 0.15) is 5.75 Å². The molecule has 8 heteroatoms. The molecule has 0 fully saturated rings. The molecule has 1 atom stereocenters. The van der Waals surface area contributed by atoms with Crippen LogP contribution in [0.25, 0.3) is 0 Å². The fourth-order valence-corrected chi connectivity index (χ4v) is 3.95. The summed E-state index contributed by atoms with van der Waals surface area (Å²) in [6, 6.07) is 14.4. The van der Waals surface area contributed by atoms with E-state index in [-0.39, 0.29) is 12.1 Å². The van der Waals surface area contributed by atoms with Gasteiger partial charge in [0.05, 0.1) is 36.4 Å². The van der Waals surface area contributed by atoms with Crippen LogP contribution in [-0.4, -0.2) is 41.7 Å². The Morgan fingerprint density at radius 3 is 2.21 bits per heavy atom. The lowest BCUT2D eigenvalue weighted by Gasteiger charge is -2.26. The van der Waals surface area contributed by atoms with E-state index in [1.54, 1.807) is 56.4 Å². The molecule has 0 spiro atoms. The Morgan fingerprint density at radius 2 is 1.62 bits per heavy atom. The maximum atomic E-state index is 13.7. The molecule has 3 aromatic rings. The van der Waals surface area contributed by atoms with Gasteiger partial charge in [0, 0.05) is 7.05 Å². The quantitative estimate of drug-likeness (QED) is 0.500. The zero-order chi connectivity index (χ0) is 24.6. The van der Waals surface area contributed by atoms with Crippen molar-refractivity contribution < 1.29 is 27.9 Å². The van der Waals surface area contributed by atoms with E-state index in [1.165, 1.54) is 18.1 Å². The number of carbonyl (C=O) groups is 3. The lowest BCUT2D eigenvalue weighted by Crippen LogP contribution is -2.31. The third-order valence-corrected chi connectivity index (χ3v) is 6.04. The van der Waals surface area contributed by atoms with E-state index in [1.807, 2.05) is 0 Å². The summed E-state index contributed by atoms with van der Waals surface area (Å²) in [4.78, 5) is 41.3. The molecule has 0 aromatic heterocycles. The van der Waals surface area contributed by atoms with E-state index in [2.05, 4.69) is 0 Å². The van der Waals surface area contributed by atoms with Crippen LogP contribution in [0.2, 0.25) is 0 Å². The lowest BCUT2D eigenvalue weighted by atomic mass is 10.0. The maximum absolute atomic E-state index is 13.7. The summed E-state index contributed by atoms with van der Waals surface area (Å²) >= 11 is 0. The van der Waals surface area contributed by atoms with Gasteiger partial charge in [0.15, 0.2) is 11.6 Å². The first-order valence-electron chi connectivity index (χ1n) is 10.6. The van der Waals surface area contributed by atoms with Crippen LogP contribution in [0.15, 0.2) is 60.7 Å². The Labute approximate surface area is 195 Å². The van der Waals surface area contributed by atoms with Crippen molar-refractivity contribution in [2.45, 2.75) is 19.5 Å². The normalized spacial score (nSPS) is 13.6. The highest BCUT2D eigenvalue weighted by atomic mass is 19.2. The topological polar surface area (TPSA) is 66.9 Å². The van der Waals surface area contributed by atoms with Gasteiger partial charge in [0.2, 0.25) is 0 Å². The van der Waals surface area contributed by atoms with Crippen molar-refractivity contribution in [2.75, 3.05) is 14.2 Å². The first-order chi connectivity index (χ1) is 16.2.